The number of primary amides is 1. The van der Waals surface area contributed by atoms with E-state index >= 15 is 0 Å². The maximum atomic E-state index is 11.4. The van der Waals surface area contributed by atoms with Gasteiger partial charge < -0.3 is 25.5 Å². The minimum absolute atomic E-state index is 0.217. The second kappa shape index (κ2) is 5.63. The molecule has 0 aliphatic rings. The highest BCUT2D eigenvalue weighted by molar-refractivity contribution is 6.08. The Morgan fingerprint density at radius 3 is 2.89 bits per heavy atom. The molecule has 8 heteroatoms. The first kappa shape index (κ1) is 13.2. The van der Waals surface area contributed by atoms with Gasteiger partial charge in [-0.3, -0.25) is 4.79 Å². The van der Waals surface area contributed by atoms with Crippen molar-refractivity contribution in [2.24, 2.45) is 5.73 Å². The summed E-state index contributed by atoms with van der Waals surface area (Å²) in [6, 6.07) is 0. The lowest BCUT2D eigenvalue weighted by Crippen LogP contribution is -2.11. The normalized spacial score (nSPS) is 11.0. The lowest BCUT2D eigenvalue weighted by Gasteiger charge is -2.05. The number of methoxy groups -OCH3 is 1. The Labute approximate surface area is 109 Å². The summed E-state index contributed by atoms with van der Waals surface area (Å²) >= 11 is 0. The van der Waals surface area contributed by atoms with Crippen LogP contribution in [0.25, 0.3) is 11.0 Å². The zero-order valence-corrected chi connectivity index (χ0v) is 10.5. The van der Waals surface area contributed by atoms with Crippen molar-refractivity contribution < 1.29 is 14.3 Å². The van der Waals surface area contributed by atoms with Crippen LogP contribution in [0.2, 0.25) is 0 Å². The Morgan fingerprint density at radius 1 is 1.42 bits per heavy atom. The summed E-state index contributed by atoms with van der Waals surface area (Å²) in [6.45, 7) is 1.14. The third kappa shape index (κ3) is 2.64. The van der Waals surface area contributed by atoms with Gasteiger partial charge in [0, 0.05) is 13.3 Å². The van der Waals surface area contributed by atoms with Crippen molar-refractivity contribution in [3.8, 4) is 0 Å². The van der Waals surface area contributed by atoms with Gasteiger partial charge in [-0.15, -0.1) is 0 Å². The van der Waals surface area contributed by atoms with E-state index in [-0.39, 0.29) is 18.1 Å². The molecule has 0 unspecified atom stereocenters. The van der Waals surface area contributed by atoms with Crippen molar-refractivity contribution in [1.29, 1.82) is 0 Å². The number of carbonyl (C=O) groups is 1. The van der Waals surface area contributed by atoms with Crippen molar-refractivity contribution in [2.45, 2.75) is 6.73 Å². The van der Waals surface area contributed by atoms with E-state index in [4.69, 9.17) is 20.9 Å². The standard InChI is InChI=1S/C11H15N5O3/c1-18-2-3-19-6-16-4-7(10(13)17)8-9(12)14-5-15-11(8)16/h4-5H,2-3,6H2,1H3,(H2,13,17)(H2,12,14,15). The Bertz CT molecular complexity index is 595. The summed E-state index contributed by atoms with van der Waals surface area (Å²) in [4.78, 5) is 19.3. The van der Waals surface area contributed by atoms with Crippen molar-refractivity contribution >= 4 is 22.8 Å². The summed E-state index contributed by atoms with van der Waals surface area (Å²) in [5.74, 6) is -0.364. The average Bonchev–Trinajstić information content (AvgIpc) is 2.75. The maximum Gasteiger partial charge on any atom is 0.251 e. The van der Waals surface area contributed by atoms with Crippen LogP contribution in [-0.2, 0) is 16.2 Å². The maximum absolute atomic E-state index is 11.4. The number of nitrogen functional groups attached to an aromatic ring is 1. The van der Waals surface area contributed by atoms with Gasteiger partial charge in [0.2, 0.25) is 0 Å². The highest BCUT2D eigenvalue weighted by atomic mass is 16.5. The van der Waals surface area contributed by atoms with Crippen LogP contribution in [0.1, 0.15) is 10.4 Å². The Morgan fingerprint density at radius 2 is 2.21 bits per heavy atom. The number of hydrogen-bond acceptors (Lipinski definition) is 6. The number of hydrogen-bond donors (Lipinski definition) is 2. The molecule has 2 heterocycles. The first-order valence-corrected chi connectivity index (χ1v) is 5.61. The molecule has 0 aromatic carbocycles. The molecule has 102 valence electrons. The van der Waals surface area contributed by atoms with Crippen LogP contribution in [0.15, 0.2) is 12.5 Å². The number of carbonyl (C=O) groups excluding carboxylic acids is 1. The number of nitrogens with two attached hydrogens (primary N) is 2. The molecule has 0 aliphatic heterocycles. The predicted molar refractivity (Wildman–Crippen MR) is 68.3 cm³/mol. The van der Waals surface area contributed by atoms with Crippen LogP contribution in [-0.4, -0.2) is 40.8 Å². The fraction of sp³-hybridized carbons (Fsp3) is 0.364. The molecule has 1 amide bonds. The van der Waals surface area contributed by atoms with Crippen LogP contribution in [0.4, 0.5) is 5.82 Å². The summed E-state index contributed by atoms with van der Waals surface area (Å²) < 4.78 is 11.9. The second-order valence-electron chi connectivity index (χ2n) is 3.86. The van der Waals surface area contributed by atoms with E-state index in [0.717, 1.165) is 0 Å². The van der Waals surface area contributed by atoms with Crippen LogP contribution in [0.5, 0.6) is 0 Å². The smallest absolute Gasteiger partial charge is 0.251 e. The second-order valence-corrected chi connectivity index (χ2v) is 3.86. The average molecular weight is 265 g/mol. The first-order chi connectivity index (χ1) is 9.15. The molecule has 0 aliphatic carbocycles. The van der Waals surface area contributed by atoms with E-state index < -0.39 is 5.91 Å². The number of anilines is 1. The summed E-state index contributed by atoms with van der Waals surface area (Å²) in [6.07, 6.45) is 2.89. The zero-order chi connectivity index (χ0) is 13.8. The summed E-state index contributed by atoms with van der Waals surface area (Å²) in [5, 5.41) is 0.449. The fourth-order valence-electron chi connectivity index (χ4n) is 1.74. The van der Waals surface area contributed by atoms with E-state index in [2.05, 4.69) is 9.97 Å². The van der Waals surface area contributed by atoms with E-state index in [0.29, 0.717) is 24.2 Å². The highest BCUT2D eigenvalue weighted by Crippen LogP contribution is 2.23. The van der Waals surface area contributed by atoms with Gasteiger partial charge in [-0.25, -0.2) is 9.97 Å². The van der Waals surface area contributed by atoms with Gasteiger partial charge in [0.25, 0.3) is 5.91 Å². The molecule has 0 saturated carbocycles. The Kier molecular flexibility index (Phi) is 3.93. The minimum Gasteiger partial charge on any atom is -0.383 e. The Balaban J connectivity index is 2.34. The molecule has 2 rings (SSSR count). The molecule has 0 spiro atoms. The summed E-state index contributed by atoms with van der Waals surface area (Å²) in [7, 11) is 1.59. The van der Waals surface area contributed by atoms with Gasteiger partial charge in [-0.1, -0.05) is 0 Å². The number of aromatic nitrogens is 3. The molecule has 0 atom stereocenters. The number of amides is 1. The predicted octanol–water partition coefficient (Wildman–Crippen LogP) is -0.267. The van der Waals surface area contributed by atoms with Crippen molar-refractivity contribution in [2.75, 3.05) is 26.1 Å². The van der Waals surface area contributed by atoms with E-state index in [1.54, 1.807) is 17.9 Å². The third-order valence-electron chi connectivity index (χ3n) is 2.61. The van der Waals surface area contributed by atoms with Crippen LogP contribution < -0.4 is 11.5 Å². The molecule has 2 aromatic rings. The number of nitrogens with zero attached hydrogens (tertiary/aromatic N) is 3. The quantitative estimate of drug-likeness (QED) is 0.694. The zero-order valence-electron chi connectivity index (χ0n) is 10.5. The molecule has 8 nitrogen and oxygen atoms in total. The molecule has 0 bridgehead atoms. The third-order valence-corrected chi connectivity index (χ3v) is 2.61. The van der Waals surface area contributed by atoms with Crippen LogP contribution >= 0.6 is 0 Å². The molecular formula is C11H15N5O3. The molecule has 0 radical (unpaired) electrons. The van der Waals surface area contributed by atoms with E-state index in [1.165, 1.54) is 6.33 Å². The summed E-state index contributed by atoms with van der Waals surface area (Å²) in [5.41, 5.74) is 11.9. The lowest BCUT2D eigenvalue weighted by molar-refractivity contribution is 0.0358. The number of rotatable bonds is 6. The van der Waals surface area contributed by atoms with Gasteiger partial charge in [0.05, 0.1) is 24.2 Å². The lowest BCUT2D eigenvalue weighted by atomic mass is 10.2. The van der Waals surface area contributed by atoms with Gasteiger partial charge in [-0.05, 0) is 0 Å². The van der Waals surface area contributed by atoms with Gasteiger partial charge >= 0.3 is 0 Å². The van der Waals surface area contributed by atoms with Crippen LogP contribution in [0, 0.1) is 0 Å². The number of ether oxygens (including phenoxy) is 2. The van der Waals surface area contributed by atoms with Crippen LogP contribution in [0.3, 0.4) is 0 Å². The van der Waals surface area contributed by atoms with E-state index in [1.807, 2.05) is 0 Å². The molecule has 2 aromatic heterocycles. The van der Waals surface area contributed by atoms with Crippen molar-refractivity contribution in [3.63, 3.8) is 0 Å². The van der Waals surface area contributed by atoms with Crippen molar-refractivity contribution in [1.82, 2.24) is 14.5 Å². The highest BCUT2D eigenvalue weighted by Gasteiger charge is 2.16. The number of fused-ring (bicyclic) bond motifs is 1. The van der Waals surface area contributed by atoms with Gasteiger partial charge in [-0.2, -0.15) is 0 Å². The fourth-order valence-corrected chi connectivity index (χ4v) is 1.74. The molecule has 4 N–H and O–H groups in total. The van der Waals surface area contributed by atoms with Gasteiger partial charge in [0.1, 0.15) is 24.5 Å². The first-order valence-electron chi connectivity index (χ1n) is 5.61. The monoisotopic (exact) mass is 265 g/mol. The Hall–Kier alpha value is -2.19. The topological polar surface area (TPSA) is 118 Å². The molecule has 0 saturated heterocycles. The van der Waals surface area contributed by atoms with Crippen molar-refractivity contribution in [3.05, 3.63) is 18.1 Å². The molecule has 19 heavy (non-hydrogen) atoms. The molecular weight excluding hydrogens is 250 g/mol. The minimum atomic E-state index is -0.581. The molecule has 0 fully saturated rings. The largest absolute Gasteiger partial charge is 0.383 e. The SMILES string of the molecule is COCCOCn1cc(C(N)=O)c2c(N)ncnc21. The van der Waals surface area contributed by atoms with Gasteiger partial charge in [0.15, 0.2) is 0 Å². The van der Waals surface area contributed by atoms with E-state index in [9.17, 15) is 4.79 Å².